The standard InChI is InChI=1S/C21H24N2O2/c1-4-14(2)22-20(24)16-9-11-17(12-10-16)21(25)23-15(3)13-18-7-5-6-8-19(18)23/h5-12,14-15H,4,13H2,1-3H3,(H,22,24). The molecule has 0 saturated heterocycles. The largest absolute Gasteiger partial charge is 0.350 e. The average molecular weight is 336 g/mol. The third-order valence-corrected chi connectivity index (χ3v) is 4.81. The number of fused-ring (bicyclic) bond motifs is 1. The van der Waals surface area contributed by atoms with Gasteiger partial charge in [-0.2, -0.15) is 0 Å². The molecule has 4 nitrogen and oxygen atoms in total. The molecule has 0 bridgehead atoms. The van der Waals surface area contributed by atoms with Gasteiger partial charge in [0, 0.05) is 28.9 Å². The molecule has 130 valence electrons. The van der Waals surface area contributed by atoms with E-state index in [1.807, 2.05) is 36.9 Å². The van der Waals surface area contributed by atoms with Gasteiger partial charge in [0.05, 0.1) is 0 Å². The lowest BCUT2D eigenvalue weighted by molar-refractivity contribution is 0.0936. The second kappa shape index (κ2) is 7.09. The first-order valence-electron chi connectivity index (χ1n) is 8.83. The summed E-state index contributed by atoms with van der Waals surface area (Å²) in [6.45, 7) is 6.07. The Morgan fingerprint density at radius 1 is 1.12 bits per heavy atom. The summed E-state index contributed by atoms with van der Waals surface area (Å²) in [5, 5.41) is 2.94. The van der Waals surface area contributed by atoms with Crippen molar-refractivity contribution < 1.29 is 9.59 Å². The fourth-order valence-corrected chi connectivity index (χ4v) is 3.19. The van der Waals surface area contributed by atoms with Crippen LogP contribution in [0.2, 0.25) is 0 Å². The SMILES string of the molecule is CCC(C)NC(=O)c1ccc(C(=O)N2c3ccccc3CC2C)cc1. The van der Waals surface area contributed by atoms with Gasteiger partial charge in [0.2, 0.25) is 0 Å². The number of carbonyl (C=O) groups is 2. The van der Waals surface area contributed by atoms with E-state index in [0.717, 1.165) is 18.5 Å². The van der Waals surface area contributed by atoms with Gasteiger partial charge in [-0.05, 0) is 62.6 Å². The highest BCUT2D eigenvalue weighted by atomic mass is 16.2. The van der Waals surface area contributed by atoms with Crippen molar-refractivity contribution in [2.24, 2.45) is 0 Å². The number of hydrogen-bond donors (Lipinski definition) is 1. The zero-order chi connectivity index (χ0) is 18.0. The molecular formula is C21H24N2O2. The number of hydrogen-bond acceptors (Lipinski definition) is 2. The topological polar surface area (TPSA) is 49.4 Å². The molecule has 2 atom stereocenters. The van der Waals surface area contributed by atoms with Gasteiger partial charge in [-0.1, -0.05) is 25.1 Å². The number of para-hydroxylation sites is 1. The maximum absolute atomic E-state index is 13.0. The summed E-state index contributed by atoms with van der Waals surface area (Å²) in [5.41, 5.74) is 3.36. The van der Waals surface area contributed by atoms with E-state index >= 15 is 0 Å². The molecule has 1 heterocycles. The second-order valence-corrected chi connectivity index (χ2v) is 6.72. The van der Waals surface area contributed by atoms with Gasteiger partial charge in [-0.15, -0.1) is 0 Å². The summed E-state index contributed by atoms with van der Waals surface area (Å²) < 4.78 is 0. The maximum atomic E-state index is 13.0. The quantitative estimate of drug-likeness (QED) is 0.923. The number of anilines is 1. The number of nitrogens with zero attached hydrogens (tertiary/aromatic N) is 1. The first-order chi connectivity index (χ1) is 12.0. The lowest BCUT2D eigenvalue weighted by Gasteiger charge is -2.23. The minimum absolute atomic E-state index is 0.0219. The minimum atomic E-state index is -0.103. The van der Waals surface area contributed by atoms with E-state index in [1.165, 1.54) is 5.56 Å². The van der Waals surface area contributed by atoms with Crippen LogP contribution in [0.1, 0.15) is 53.5 Å². The van der Waals surface area contributed by atoms with E-state index in [2.05, 4.69) is 18.3 Å². The lowest BCUT2D eigenvalue weighted by Crippen LogP contribution is -2.35. The Balaban J connectivity index is 1.79. The fraction of sp³-hybridized carbons (Fsp3) is 0.333. The summed E-state index contributed by atoms with van der Waals surface area (Å²) in [5.74, 6) is -0.125. The molecule has 1 aliphatic rings. The van der Waals surface area contributed by atoms with Crippen LogP contribution in [0.25, 0.3) is 0 Å². The summed E-state index contributed by atoms with van der Waals surface area (Å²) in [6, 6.07) is 15.2. The van der Waals surface area contributed by atoms with Gasteiger partial charge in [-0.25, -0.2) is 0 Å². The van der Waals surface area contributed by atoms with Gasteiger partial charge >= 0.3 is 0 Å². The van der Waals surface area contributed by atoms with Crippen molar-refractivity contribution in [2.75, 3.05) is 4.90 Å². The first-order valence-corrected chi connectivity index (χ1v) is 8.83. The molecule has 25 heavy (non-hydrogen) atoms. The van der Waals surface area contributed by atoms with E-state index in [-0.39, 0.29) is 23.9 Å². The van der Waals surface area contributed by atoms with Crippen LogP contribution in [-0.2, 0) is 6.42 Å². The first kappa shape index (κ1) is 17.2. The highest BCUT2D eigenvalue weighted by Gasteiger charge is 2.31. The monoisotopic (exact) mass is 336 g/mol. The zero-order valence-corrected chi connectivity index (χ0v) is 15.0. The number of nitrogens with one attached hydrogen (secondary N) is 1. The van der Waals surface area contributed by atoms with Crippen molar-refractivity contribution in [1.29, 1.82) is 0 Å². The Bertz CT molecular complexity index is 783. The van der Waals surface area contributed by atoms with Crippen molar-refractivity contribution in [3.05, 3.63) is 65.2 Å². The summed E-state index contributed by atoms with van der Waals surface area (Å²) in [7, 11) is 0. The lowest BCUT2D eigenvalue weighted by atomic mass is 10.1. The van der Waals surface area contributed by atoms with E-state index in [1.54, 1.807) is 24.3 Å². The number of rotatable bonds is 4. The summed E-state index contributed by atoms with van der Waals surface area (Å²) >= 11 is 0. The van der Waals surface area contributed by atoms with Crippen molar-refractivity contribution in [3.8, 4) is 0 Å². The van der Waals surface area contributed by atoms with Crippen molar-refractivity contribution in [2.45, 2.75) is 45.7 Å². The summed E-state index contributed by atoms with van der Waals surface area (Å²) in [4.78, 5) is 27.0. The molecule has 3 rings (SSSR count). The predicted molar refractivity (Wildman–Crippen MR) is 100 cm³/mol. The molecule has 2 unspecified atom stereocenters. The highest BCUT2D eigenvalue weighted by molar-refractivity contribution is 6.08. The highest BCUT2D eigenvalue weighted by Crippen LogP contribution is 2.33. The second-order valence-electron chi connectivity index (χ2n) is 6.72. The number of carbonyl (C=O) groups excluding carboxylic acids is 2. The van der Waals surface area contributed by atoms with Crippen LogP contribution in [-0.4, -0.2) is 23.9 Å². The van der Waals surface area contributed by atoms with E-state index in [4.69, 9.17) is 0 Å². The molecule has 4 heteroatoms. The van der Waals surface area contributed by atoms with Gasteiger partial charge in [0.1, 0.15) is 0 Å². The fourth-order valence-electron chi connectivity index (χ4n) is 3.19. The Morgan fingerprint density at radius 2 is 1.76 bits per heavy atom. The molecular weight excluding hydrogens is 312 g/mol. The molecule has 2 aromatic rings. The van der Waals surface area contributed by atoms with Gasteiger partial charge in [-0.3, -0.25) is 9.59 Å². The van der Waals surface area contributed by atoms with Crippen molar-refractivity contribution >= 4 is 17.5 Å². The van der Waals surface area contributed by atoms with Crippen LogP contribution < -0.4 is 10.2 Å². The molecule has 0 fully saturated rings. The van der Waals surface area contributed by atoms with Gasteiger partial charge < -0.3 is 10.2 Å². The smallest absolute Gasteiger partial charge is 0.258 e. The molecule has 0 saturated carbocycles. The van der Waals surface area contributed by atoms with Crippen molar-refractivity contribution in [1.82, 2.24) is 5.32 Å². The molecule has 2 aromatic carbocycles. The molecule has 1 aliphatic heterocycles. The normalized spacial score (nSPS) is 17.1. The third kappa shape index (κ3) is 3.43. The predicted octanol–water partition coefficient (Wildman–Crippen LogP) is 3.81. The molecule has 2 amide bonds. The number of benzene rings is 2. The molecule has 0 spiro atoms. The van der Waals surface area contributed by atoms with Crippen LogP contribution in [0, 0.1) is 0 Å². The van der Waals surface area contributed by atoms with Crippen LogP contribution in [0.3, 0.4) is 0 Å². The Labute approximate surface area is 148 Å². The summed E-state index contributed by atoms with van der Waals surface area (Å²) in [6.07, 6.45) is 1.76. The molecule has 0 aliphatic carbocycles. The third-order valence-electron chi connectivity index (χ3n) is 4.81. The number of amides is 2. The van der Waals surface area contributed by atoms with E-state index < -0.39 is 0 Å². The van der Waals surface area contributed by atoms with Gasteiger partial charge in [0.25, 0.3) is 11.8 Å². The van der Waals surface area contributed by atoms with Crippen LogP contribution in [0.15, 0.2) is 48.5 Å². The average Bonchev–Trinajstić information content (AvgIpc) is 2.96. The minimum Gasteiger partial charge on any atom is -0.350 e. The van der Waals surface area contributed by atoms with Crippen molar-refractivity contribution in [3.63, 3.8) is 0 Å². The molecule has 1 N–H and O–H groups in total. The van der Waals surface area contributed by atoms with E-state index in [0.29, 0.717) is 11.1 Å². The zero-order valence-electron chi connectivity index (χ0n) is 15.0. The van der Waals surface area contributed by atoms with E-state index in [9.17, 15) is 9.59 Å². The Kier molecular flexibility index (Phi) is 4.88. The Morgan fingerprint density at radius 3 is 2.44 bits per heavy atom. The van der Waals surface area contributed by atoms with Crippen LogP contribution in [0.5, 0.6) is 0 Å². The van der Waals surface area contributed by atoms with Gasteiger partial charge in [0.15, 0.2) is 0 Å². The maximum Gasteiger partial charge on any atom is 0.258 e. The van der Waals surface area contributed by atoms with Crippen LogP contribution in [0.4, 0.5) is 5.69 Å². The Hall–Kier alpha value is -2.62. The molecule has 0 radical (unpaired) electrons. The molecule has 0 aromatic heterocycles. The van der Waals surface area contributed by atoms with Crippen LogP contribution >= 0.6 is 0 Å².